The minimum absolute atomic E-state index is 0.683. The van der Waals surface area contributed by atoms with E-state index in [1.54, 1.807) is 13.2 Å². The zero-order valence-corrected chi connectivity index (χ0v) is 9.36. The van der Waals surface area contributed by atoms with Crippen molar-refractivity contribution in [2.45, 2.75) is 25.4 Å². The van der Waals surface area contributed by atoms with E-state index in [2.05, 4.69) is 6.58 Å². The van der Waals surface area contributed by atoms with Crippen LogP contribution in [0.5, 0.6) is 5.75 Å². The van der Waals surface area contributed by atoms with Gasteiger partial charge in [0.2, 0.25) is 0 Å². The fourth-order valence-electron chi connectivity index (χ4n) is 1.63. The molecule has 0 amide bonds. The molecule has 2 heteroatoms. The highest BCUT2D eigenvalue weighted by Gasteiger charge is 2.23. The summed E-state index contributed by atoms with van der Waals surface area (Å²) in [5, 5.41) is 10.3. The smallest absolute Gasteiger partial charge is 0.118 e. The van der Waals surface area contributed by atoms with Gasteiger partial charge in [0.15, 0.2) is 0 Å². The second-order valence-electron chi connectivity index (χ2n) is 3.61. The third-order valence-electron chi connectivity index (χ3n) is 2.56. The number of hydrogen-bond acceptors (Lipinski definition) is 2. The van der Waals surface area contributed by atoms with Crippen LogP contribution in [0.4, 0.5) is 0 Å². The van der Waals surface area contributed by atoms with Crippen molar-refractivity contribution in [3.63, 3.8) is 0 Å². The van der Waals surface area contributed by atoms with Gasteiger partial charge in [0.05, 0.1) is 7.11 Å². The maximum Gasteiger partial charge on any atom is 0.118 e. The molecule has 0 saturated heterocycles. The largest absolute Gasteiger partial charge is 0.497 e. The van der Waals surface area contributed by atoms with Crippen LogP contribution in [0, 0.1) is 0 Å². The summed E-state index contributed by atoms with van der Waals surface area (Å²) in [7, 11) is 1.63. The molecule has 0 radical (unpaired) electrons. The predicted molar refractivity (Wildman–Crippen MR) is 62.0 cm³/mol. The first kappa shape index (κ1) is 11.8. The summed E-state index contributed by atoms with van der Waals surface area (Å²) in [5.41, 5.74) is -0.0544. The lowest BCUT2D eigenvalue weighted by Gasteiger charge is -2.24. The Bertz CT molecular complexity index is 316. The van der Waals surface area contributed by atoms with E-state index >= 15 is 0 Å². The zero-order valence-electron chi connectivity index (χ0n) is 9.36. The second-order valence-corrected chi connectivity index (χ2v) is 3.61. The normalized spacial score (nSPS) is 14.3. The third kappa shape index (κ3) is 2.60. The Morgan fingerprint density at radius 2 is 2.00 bits per heavy atom. The summed E-state index contributed by atoms with van der Waals surface area (Å²) in [6.07, 6.45) is 3.19. The molecule has 15 heavy (non-hydrogen) atoms. The van der Waals surface area contributed by atoms with Crippen LogP contribution >= 0.6 is 0 Å². The van der Waals surface area contributed by atoms with Crippen LogP contribution in [0.25, 0.3) is 0 Å². The maximum atomic E-state index is 10.3. The van der Waals surface area contributed by atoms with Gasteiger partial charge in [-0.1, -0.05) is 38.1 Å². The fourth-order valence-corrected chi connectivity index (χ4v) is 1.63. The van der Waals surface area contributed by atoms with E-state index in [0.29, 0.717) is 6.42 Å². The molecule has 0 fully saturated rings. The molecule has 0 unspecified atom stereocenters. The Balaban J connectivity index is 2.97. The first-order valence-corrected chi connectivity index (χ1v) is 5.16. The molecule has 0 saturated carbocycles. The molecule has 0 spiro atoms. The molecule has 0 bridgehead atoms. The monoisotopic (exact) mass is 206 g/mol. The lowest BCUT2D eigenvalue weighted by atomic mass is 9.89. The SMILES string of the molecule is C=C[C@@](O)(CCC)c1ccc(OC)cc1. The van der Waals surface area contributed by atoms with Crippen molar-refractivity contribution in [2.75, 3.05) is 7.11 Å². The van der Waals surface area contributed by atoms with Crippen molar-refractivity contribution in [3.8, 4) is 5.75 Å². The van der Waals surface area contributed by atoms with Crippen LogP contribution in [0.15, 0.2) is 36.9 Å². The topological polar surface area (TPSA) is 29.5 Å². The summed E-state index contributed by atoms with van der Waals surface area (Å²) in [6, 6.07) is 7.44. The number of ether oxygens (including phenoxy) is 1. The van der Waals surface area contributed by atoms with Crippen LogP contribution < -0.4 is 4.74 Å². The number of rotatable bonds is 5. The molecule has 0 aromatic heterocycles. The van der Waals surface area contributed by atoms with E-state index in [0.717, 1.165) is 17.7 Å². The first-order valence-electron chi connectivity index (χ1n) is 5.16. The van der Waals surface area contributed by atoms with Gasteiger partial charge in [0, 0.05) is 0 Å². The number of aliphatic hydroxyl groups is 1. The van der Waals surface area contributed by atoms with Crippen LogP contribution in [-0.2, 0) is 5.60 Å². The lowest BCUT2D eigenvalue weighted by molar-refractivity contribution is 0.0791. The van der Waals surface area contributed by atoms with Crippen molar-refractivity contribution in [3.05, 3.63) is 42.5 Å². The summed E-state index contributed by atoms with van der Waals surface area (Å²) in [4.78, 5) is 0. The molecule has 0 heterocycles. The van der Waals surface area contributed by atoms with Gasteiger partial charge < -0.3 is 9.84 Å². The van der Waals surface area contributed by atoms with E-state index in [1.165, 1.54) is 0 Å². The summed E-state index contributed by atoms with van der Waals surface area (Å²) in [5.74, 6) is 0.793. The van der Waals surface area contributed by atoms with Gasteiger partial charge >= 0.3 is 0 Å². The van der Waals surface area contributed by atoms with Crippen molar-refractivity contribution < 1.29 is 9.84 Å². The number of methoxy groups -OCH3 is 1. The Morgan fingerprint density at radius 1 is 1.40 bits per heavy atom. The van der Waals surface area contributed by atoms with Gasteiger partial charge in [-0.05, 0) is 24.1 Å². The van der Waals surface area contributed by atoms with E-state index in [-0.39, 0.29) is 0 Å². The highest BCUT2D eigenvalue weighted by Crippen LogP contribution is 2.28. The Kier molecular flexibility index (Phi) is 3.92. The molecular weight excluding hydrogens is 188 g/mol. The average Bonchev–Trinajstić information content (AvgIpc) is 2.29. The van der Waals surface area contributed by atoms with Crippen molar-refractivity contribution >= 4 is 0 Å². The first-order chi connectivity index (χ1) is 7.16. The molecule has 1 atom stereocenters. The zero-order chi connectivity index (χ0) is 11.3. The third-order valence-corrected chi connectivity index (χ3v) is 2.56. The summed E-state index contributed by atoms with van der Waals surface area (Å²) >= 11 is 0. The van der Waals surface area contributed by atoms with E-state index in [1.807, 2.05) is 31.2 Å². The molecule has 1 aromatic rings. The fraction of sp³-hybridized carbons (Fsp3) is 0.385. The maximum absolute atomic E-state index is 10.3. The molecule has 1 N–H and O–H groups in total. The summed E-state index contributed by atoms with van der Waals surface area (Å²) < 4.78 is 5.07. The highest BCUT2D eigenvalue weighted by atomic mass is 16.5. The highest BCUT2D eigenvalue weighted by molar-refractivity contribution is 5.33. The van der Waals surface area contributed by atoms with Gasteiger partial charge in [-0.25, -0.2) is 0 Å². The average molecular weight is 206 g/mol. The minimum atomic E-state index is -0.916. The quantitative estimate of drug-likeness (QED) is 0.751. The van der Waals surface area contributed by atoms with Crippen molar-refractivity contribution in [2.24, 2.45) is 0 Å². The standard InChI is InChI=1S/C13H18O2/c1-4-10-13(14,5-2)11-6-8-12(15-3)9-7-11/h5-9,14H,2,4,10H2,1,3H3/t13-/m1/s1. The van der Waals surface area contributed by atoms with Crippen LogP contribution in [0.1, 0.15) is 25.3 Å². The molecule has 82 valence electrons. The van der Waals surface area contributed by atoms with Gasteiger partial charge in [-0.15, -0.1) is 0 Å². The molecule has 1 rings (SSSR count). The van der Waals surface area contributed by atoms with Gasteiger partial charge in [0.25, 0.3) is 0 Å². The van der Waals surface area contributed by atoms with E-state index < -0.39 is 5.60 Å². The predicted octanol–water partition coefficient (Wildman–Crippen LogP) is 2.87. The van der Waals surface area contributed by atoms with E-state index in [9.17, 15) is 5.11 Å². The minimum Gasteiger partial charge on any atom is -0.497 e. The van der Waals surface area contributed by atoms with E-state index in [4.69, 9.17) is 4.74 Å². The molecule has 0 aliphatic heterocycles. The Morgan fingerprint density at radius 3 is 2.40 bits per heavy atom. The van der Waals surface area contributed by atoms with Crippen LogP contribution in [0.3, 0.4) is 0 Å². The van der Waals surface area contributed by atoms with Crippen molar-refractivity contribution in [1.29, 1.82) is 0 Å². The van der Waals surface area contributed by atoms with Gasteiger partial charge in [-0.2, -0.15) is 0 Å². The van der Waals surface area contributed by atoms with Crippen LogP contribution in [-0.4, -0.2) is 12.2 Å². The van der Waals surface area contributed by atoms with Gasteiger partial charge in [0.1, 0.15) is 11.4 Å². The van der Waals surface area contributed by atoms with Gasteiger partial charge in [-0.3, -0.25) is 0 Å². The Hall–Kier alpha value is -1.28. The summed E-state index contributed by atoms with van der Waals surface area (Å²) in [6.45, 7) is 5.73. The molecule has 1 aromatic carbocycles. The number of benzene rings is 1. The molecule has 2 nitrogen and oxygen atoms in total. The second kappa shape index (κ2) is 4.99. The van der Waals surface area contributed by atoms with Crippen LogP contribution in [0.2, 0.25) is 0 Å². The lowest BCUT2D eigenvalue weighted by Crippen LogP contribution is -2.21. The molecule has 0 aliphatic rings. The Labute approximate surface area is 91.2 Å². The molecular formula is C13H18O2. The number of hydrogen-bond donors (Lipinski definition) is 1. The molecule has 0 aliphatic carbocycles. The van der Waals surface area contributed by atoms with Crippen molar-refractivity contribution in [1.82, 2.24) is 0 Å².